The summed E-state index contributed by atoms with van der Waals surface area (Å²) in [5, 5.41) is 8.56. The molecule has 0 atom stereocenters. The van der Waals surface area contributed by atoms with Crippen LogP contribution in [0.3, 0.4) is 0 Å². The van der Waals surface area contributed by atoms with Gasteiger partial charge >= 0.3 is 0 Å². The van der Waals surface area contributed by atoms with Crippen molar-refractivity contribution in [2.75, 3.05) is 32.7 Å². The Balaban J connectivity index is 1.51. The molecule has 28 heavy (non-hydrogen) atoms. The lowest BCUT2D eigenvalue weighted by molar-refractivity contribution is -0.120. The van der Waals surface area contributed by atoms with Gasteiger partial charge in [-0.15, -0.1) is 0 Å². The van der Waals surface area contributed by atoms with Crippen LogP contribution in [0.15, 0.2) is 54.6 Å². The van der Waals surface area contributed by atoms with E-state index >= 15 is 0 Å². The molecule has 1 saturated heterocycles. The zero-order valence-corrected chi connectivity index (χ0v) is 15.6. The first-order chi connectivity index (χ1) is 13.6. The van der Waals surface area contributed by atoms with Gasteiger partial charge in [-0.1, -0.05) is 36.4 Å². The van der Waals surface area contributed by atoms with E-state index in [1.54, 1.807) is 29.2 Å². The van der Waals surface area contributed by atoms with Crippen LogP contribution in [0.5, 0.6) is 0 Å². The van der Waals surface area contributed by atoms with Gasteiger partial charge < -0.3 is 20.9 Å². The van der Waals surface area contributed by atoms with Gasteiger partial charge in [-0.3, -0.25) is 14.4 Å². The van der Waals surface area contributed by atoms with Crippen LogP contribution in [-0.2, 0) is 11.3 Å². The van der Waals surface area contributed by atoms with E-state index in [2.05, 4.69) is 16.0 Å². The number of rotatable bonds is 6. The third-order valence-electron chi connectivity index (χ3n) is 4.52. The van der Waals surface area contributed by atoms with Crippen molar-refractivity contribution in [3.63, 3.8) is 0 Å². The van der Waals surface area contributed by atoms with Crippen LogP contribution in [-0.4, -0.2) is 55.3 Å². The smallest absolute Gasteiger partial charge is 0.253 e. The van der Waals surface area contributed by atoms with Crippen molar-refractivity contribution in [2.45, 2.75) is 6.54 Å². The van der Waals surface area contributed by atoms with E-state index in [1.165, 1.54) is 0 Å². The molecule has 2 aromatic rings. The summed E-state index contributed by atoms with van der Waals surface area (Å²) in [7, 11) is 0. The number of nitrogens with zero attached hydrogens (tertiary/aromatic N) is 1. The molecular formula is C21H24N4O3. The fourth-order valence-corrected chi connectivity index (χ4v) is 2.97. The highest BCUT2D eigenvalue weighted by atomic mass is 16.2. The van der Waals surface area contributed by atoms with Gasteiger partial charge in [0.15, 0.2) is 0 Å². The van der Waals surface area contributed by atoms with Crippen molar-refractivity contribution < 1.29 is 14.4 Å². The second-order valence-corrected chi connectivity index (χ2v) is 6.57. The number of carbonyl (C=O) groups is 3. The predicted molar refractivity (Wildman–Crippen MR) is 106 cm³/mol. The van der Waals surface area contributed by atoms with Crippen molar-refractivity contribution >= 4 is 17.7 Å². The maximum Gasteiger partial charge on any atom is 0.253 e. The molecule has 3 rings (SSSR count). The van der Waals surface area contributed by atoms with E-state index < -0.39 is 0 Å². The van der Waals surface area contributed by atoms with Crippen molar-refractivity contribution in [2.24, 2.45) is 0 Å². The van der Waals surface area contributed by atoms with Gasteiger partial charge in [0.1, 0.15) is 0 Å². The molecule has 0 spiro atoms. The standard InChI is InChI=1S/C21H24N4O3/c26-19(23-14-16-5-2-1-3-6-16)15-24-20(27)17-7-4-8-18(13-17)21(28)25-11-9-22-10-12-25/h1-8,13,22H,9-12,14-15H2,(H,23,26)(H,24,27). The maximum atomic E-state index is 12.6. The minimum atomic E-state index is -0.384. The van der Waals surface area contributed by atoms with Gasteiger partial charge in [0.25, 0.3) is 11.8 Å². The van der Waals surface area contributed by atoms with Crippen molar-refractivity contribution in [1.82, 2.24) is 20.9 Å². The molecule has 1 aliphatic heterocycles. The van der Waals surface area contributed by atoms with Crippen LogP contribution >= 0.6 is 0 Å². The molecule has 3 N–H and O–H groups in total. The molecule has 3 amide bonds. The number of benzene rings is 2. The lowest BCUT2D eigenvalue weighted by Crippen LogP contribution is -2.46. The van der Waals surface area contributed by atoms with Gasteiger partial charge in [-0.2, -0.15) is 0 Å². The highest BCUT2D eigenvalue weighted by Gasteiger charge is 2.19. The Bertz CT molecular complexity index is 833. The molecule has 0 saturated carbocycles. The Hall–Kier alpha value is -3.19. The summed E-state index contributed by atoms with van der Waals surface area (Å²) >= 11 is 0. The fraction of sp³-hybridized carbons (Fsp3) is 0.286. The zero-order valence-electron chi connectivity index (χ0n) is 15.6. The Morgan fingerprint density at radius 1 is 0.893 bits per heavy atom. The lowest BCUT2D eigenvalue weighted by Gasteiger charge is -2.27. The van der Waals surface area contributed by atoms with Crippen molar-refractivity contribution in [3.05, 3.63) is 71.3 Å². The zero-order chi connectivity index (χ0) is 19.8. The first-order valence-corrected chi connectivity index (χ1v) is 9.32. The van der Waals surface area contributed by atoms with Crippen LogP contribution in [0.2, 0.25) is 0 Å². The first-order valence-electron chi connectivity index (χ1n) is 9.32. The van der Waals surface area contributed by atoms with Crippen molar-refractivity contribution in [1.29, 1.82) is 0 Å². The van der Waals surface area contributed by atoms with Crippen LogP contribution in [0.4, 0.5) is 0 Å². The number of carbonyl (C=O) groups excluding carboxylic acids is 3. The summed E-state index contributed by atoms with van der Waals surface area (Å²) in [5.41, 5.74) is 1.82. The topological polar surface area (TPSA) is 90.5 Å². The minimum absolute atomic E-state index is 0.0863. The highest BCUT2D eigenvalue weighted by molar-refractivity contribution is 6.00. The van der Waals surface area contributed by atoms with Crippen LogP contribution in [0.25, 0.3) is 0 Å². The summed E-state index contributed by atoms with van der Waals surface area (Å²) in [6.45, 7) is 3.12. The quantitative estimate of drug-likeness (QED) is 0.691. The second-order valence-electron chi connectivity index (χ2n) is 6.57. The summed E-state index contributed by atoms with van der Waals surface area (Å²) in [6.07, 6.45) is 0. The van der Waals surface area contributed by atoms with Crippen molar-refractivity contribution in [3.8, 4) is 0 Å². The normalized spacial score (nSPS) is 13.6. The Labute approximate surface area is 164 Å². The molecule has 0 aromatic heterocycles. The molecular weight excluding hydrogens is 356 g/mol. The predicted octanol–water partition coefficient (Wildman–Crippen LogP) is 0.778. The molecule has 1 aliphatic rings. The average Bonchev–Trinajstić information content (AvgIpc) is 2.77. The third kappa shape index (κ3) is 5.40. The van der Waals surface area contributed by atoms with Crippen LogP contribution < -0.4 is 16.0 Å². The van der Waals surface area contributed by atoms with Gasteiger partial charge in [-0.25, -0.2) is 0 Å². The summed E-state index contributed by atoms with van der Waals surface area (Å²) in [6, 6.07) is 16.1. The summed E-state index contributed by atoms with van der Waals surface area (Å²) < 4.78 is 0. The van der Waals surface area contributed by atoms with E-state index in [9.17, 15) is 14.4 Å². The molecule has 146 valence electrons. The van der Waals surface area contributed by atoms with Crippen LogP contribution in [0.1, 0.15) is 26.3 Å². The van der Waals surface area contributed by atoms with Crippen LogP contribution in [0, 0.1) is 0 Å². The lowest BCUT2D eigenvalue weighted by atomic mass is 10.1. The van der Waals surface area contributed by atoms with E-state index in [0.29, 0.717) is 30.8 Å². The minimum Gasteiger partial charge on any atom is -0.350 e. The highest BCUT2D eigenvalue weighted by Crippen LogP contribution is 2.09. The number of amides is 3. The molecule has 7 nitrogen and oxygen atoms in total. The Kier molecular flexibility index (Phi) is 6.75. The average molecular weight is 380 g/mol. The largest absolute Gasteiger partial charge is 0.350 e. The van der Waals surface area contributed by atoms with Gasteiger partial charge in [-0.05, 0) is 23.8 Å². The molecule has 0 aliphatic carbocycles. The molecule has 7 heteroatoms. The molecule has 0 radical (unpaired) electrons. The second kappa shape index (κ2) is 9.66. The number of hydrogen-bond acceptors (Lipinski definition) is 4. The summed E-state index contributed by atoms with van der Waals surface area (Å²) in [5.74, 6) is -0.744. The Morgan fingerprint density at radius 3 is 2.36 bits per heavy atom. The van der Waals surface area contributed by atoms with Gasteiger partial charge in [0, 0.05) is 43.9 Å². The van der Waals surface area contributed by atoms with Gasteiger partial charge in [0.2, 0.25) is 5.91 Å². The monoisotopic (exact) mass is 380 g/mol. The SMILES string of the molecule is O=C(CNC(=O)c1cccc(C(=O)N2CCNCC2)c1)NCc1ccccc1. The number of hydrogen-bond donors (Lipinski definition) is 3. The first kappa shape index (κ1) is 19.6. The third-order valence-corrected chi connectivity index (χ3v) is 4.52. The summed E-state index contributed by atoms with van der Waals surface area (Å²) in [4.78, 5) is 38.6. The van der Waals surface area contributed by atoms with E-state index in [0.717, 1.165) is 18.7 Å². The maximum absolute atomic E-state index is 12.6. The Morgan fingerprint density at radius 2 is 1.61 bits per heavy atom. The van der Waals surface area contributed by atoms with Gasteiger partial charge in [0.05, 0.1) is 6.54 Å². The number of nitrogens with one attached hydrogen (secondary N) is 3. The molecule has 1 heterocycles. The molecule has 0 unspecified atom stereocenters. The molecule has 0 bridgehead atoms. The van der Waals surface area contributed by atoms with E-state index in [4.69, 9.17) is 0 Å². The fourth-order valence-electron chi connectivity index (χ4n) is 2.97. The van der Waals surface area contributed by atoms with E-state index in [-0.39, 0.29) is 24.3 Å². The molecule has 1 fully saturated rings. The number of piperazine rings is 1. The molecule has 2 aromatic carbocycles. The van der Waals surface area contributed by atoms with E-state index in [1.807, 2.05) is 30.3 Å².